The lowest BCUT2D eigenvalue weighted by molar-refractivity contribution is -0.162. The van der Waals surface area contributed by atoms with E-state index in [0.29, 0.717) is 25.4 Å². The number of carbonyl (C=O) groups is 1. The van der Waals surface area contributed by atoms with Gasteiger partial charge in [-0.1, -0.05) is 50.6 Å². The van der Waals surface area contributed by atoms with Crippen LogP contribution >= 0.6 is 0 Å². The molecule has 0 bridgehead atoms. The molecule has 0 heterocycles. The molecule has 0 aliphatic heterocycles. The predicted octanol–water partition coefficient (Wildman–Crippen LogP) is 5.19. The molecule has 5 nitrogen and oxygen atoms in total. The number of aliphatic hydroxyl groups excluding tert-OH is 2. The molecule has 5 heteroatoms. The van der Waals surface area contributed by atoms with Gasteiger partial charge in [-0.15, -0.1) is 0 Å². The van der Waals surface area contributed by atoms with Gasteiger partial charge >= 0.3 is 5.97 Å². The highest BCUT2D eigenvalue weighted by Crippen LogP contribution is 2.54. The number of carbonyl (C=O) groups excluding carboxylic acids is 1. The molecule has 2 saturated carbocycles. The van der Waals surface area contributed by atoms with E-state index in [0.717, 1.165) is 49.7 Å². The first-order valence-corrected chi connectivity index (χ1v) is 12.5. The molecule has 3 aliphatic carbocycles. The summed E-state index contributed by atoms with van der Waals surface area (Å²) in [6.07, 6.45) is 12.3. The minimum Gasteiger partial charge on any atom is -0.458 e. The van der Waals surface area contributed by atoms with Crippen molar-refractivity contribution in [3.63, 3.8) is 0 Å². The van der Waals surface area contributed by atoms with Gasteiger partial charge in [-0.25, -0.2) is 4.79 Å². The number of fused-ring (bicyclic) bond motifs is 1. The molecular weight excluding hydrogens is 416 g/mol. The lowest BCUT2D eigenvalue weighted by Crippen LogP contribution is -2.33. The van der Waals surface area contributed by atoms with Gasteiger partial charge in [-0.2, -0.15) is 0 Å². The molecule has 0 radical (unpaired) electrons. The van der Waals surface area contributed by atoms with Crippen LogP contribution in [0.1, 0.15) is 79.1 Å². The van der Waals surface area contributed by atoms with Gasteiger partial charge in [-0.3, -0.25) is 0 Å². The van der Waals surface area contributed by atoms with Crippen molar-refractivity contribution in [2.75, 3.05) is 13.2 Å². The zero-order valence-corrected chi connectivity index (χ0v) is 20.9. The molecule has 0 spiro atoms. The topological polar surface area (TPSA) is 76.0 Å². The second-order valence-electron chi connectivity index (χ2n) is 10.8. The van der Waals surface area contributed by atoms with Crippen molar-refractivity contribution in [2.24, 2.45) is 11.3 Å². The van der Waals surface area contributed by atoms with Crippen molar-refractivity contribution >= 4 is 5.97 Å². The zero-order valence-electron chi connectivity index (χ0n) is 20.9. The summed E-state index contributed by atoms with van der Waals surface area (Å²) >= 11 is 0. The van der Waals surface area contributed by atoms with Gasteiger partial charge in [0.2, 0.25) is 0 Å². The Labute approximate surface area is 199 Å². The van der Waals surface area contributed by atoms with Crippen LogP contribution < -0.4 is 0 Å². The lowest BCUT2D eigenvalue weighted by Gasteiger charge is -2.41. The van der Waals surface area contributed by atoms with Gasteiger partial charge in [0, 0.05) is 6.42 Å². The first-order valence-electron chi connectivity index (χ1n) is 12.5. The molecule has 0 amide bonds. The van der Waals surface area contributed by atoms with Crippen LogP contribution in [0.3, 0.4) is 0 Å². The molecule has 4 atom stereocenters. The first-order chi connectivity index (χ1) is 15.6. The minimum absolute atomic E-state index is 0.0210. The molecule has 2 N–H and O–H groups in total. The maximum Gasteiger partial charge on any atom is 0.332 e. The molecule has 4 unspecified atom stereocenters. The van der Waals surface area contributed by atoms with E-state index in [4.69, 9.17) is 9.47 Å². The highest BCUT2D eigenvalue weighted by Gasteiger charge is 2.44. The van der Waals surface area contributed by atoms with Crippen molar-refractivity contribution in [3.8, 4) is 0 Å². The highest BCUT2D eigenvalue weighted by atomic mass is 16.6. The summed E-state index contributed by atoms with van der Waals surface area (Å²) in [5.41, 5.74) is 3.94. The third-order valence-corrected chi connectivity index (χ3v) is 7.70. The average molecular weight is 459 g/mol. The van der Waals surface area contributed by atoms with Crippen LogP contribution in [0, 0.1) is 11.3 Å². The molecule has 0 aromatic heterocycles. The normalized spacial score (nSPS) is 32.7. The summed E-state index contributed by atoms with van der Waals surface area (Å²) in [5.74, 6) is 0.116. The number of rotatable bonds is 8. The Morgan fingerprint density at radius 3 is 2.82 bits per heavy atom. The summed E-state index contributed by atoms with van der Waals surface area (Å²) in [6.45, 7) is 12.7. The molecule has 0 saturated heterocycles. The predicted molar refractivity (Wildman–Crippen MR) is 131 cm³/mol. The van der Waals surface area contributed by atoms with Crippen LogP contribution in [0.25, 0.3) is 0 Å². The van der Waals surface area contributed by atoms with Crippen LogP contribution in [0.2, 0.25) is 0 Å². The summed E-state index contributed by atoms with van der Waals surface area (Å²) < 4.78 is 11.4. The monoisotopic (exact) mass is 458 g/mol. The SMILES string of the molecule is C=C1/C(=C/C=C2/CCCC3(C)C(COCC(=O)OC(C)(C)CCC)=CCC23)CC(O)CC1O. The Balaban J connectivity index is 1.60. The molecule has 33 heavy (non-hydrogen) atoms. The fourth-order valence-corrected chi connectivity index (χ4v) is 5.83. The van der Waals surface area contributed by atoms with Gasteiger partial charge in [0.15, 0.2) is 0 Å². The first kappa shape index (κ1) is 25.9. The number of hydrogen-bond acceptors (Lipinski definition) is 5. The Kier molecular flexibility index (Phi) is 8.41. The van der Waals surface area contributed by atoms with E-state index in [1.54, 1.807) is 0 Å². The molecule has 0 aromatic carbocycles. The van der Waals surface area contributed by atoms with Gasteiger partial charge in [0.25, 0.3) is 0 Å². The number of hydrogen-bond donors (Lipinski definition) is 2. The molecular formula is C28H42O5. The second-order valence-corrected chi connectivity index (χ2v) is 10.8. The van der Waals surface area contributed by atoms with E-state index in [2.05, 4.69) is 38.7 Å². The van der Waals surface area contributed by atoms with Crippen LogP contribution in [-0.2, 0) is 14.3 Å². The highest BCUT2D eigenvalue weighted by molar-refractivity contribution is 5.71. The van der Waals surface area contributed by atoms with E-state index in [1.165, 1.54) is 11.1 Å². The van der Waals surface area contributed by atoms with Crippen molar-refractivity contribution in [3.05, 3.63) is 47.1 Å². The molecule has 184 valence electrons. The summed E-state index contributed by atoms with van der Waals surface area (Å²) in [6, 6.07) is 0. The smallest absolute Gasteiger partial charge is 0.332 e. The maximum absolute atomic E-state index is 12.2. The van der Waals surface area contributed by atoms with Crippen molar-refractivity contribution in [2.45, 2.75) is 96.9 Å². The van der Waals surface area contributed by atoms with Gasteiger partial charge in [-0.05, 0) is 80.4 Å². The molecule has 3 rings (SSSR count). The molecule has 3 aliphatic rings. The largest absolute Gasteiger partial charge is 0.458 e. The minimum atomic E-state index is -0.661. The third kappa shape index (κ3) is 6.26. The van der Waals surface area contributed by atoms with Crippen molar-refractivity contribution < 1.29 is 24.5 Å². The number of aliphatic hydroxyl groups is 2. The van der Waals surface area contributed by atoms with E-state index < -0.39 is 17.8 Å². The van der Waals surface area contributed by atoms with Gasteiger partial charge < -0.3 is 19.7 Å². The Morgan fingerprint density at radius 1 is 1.33 bits per heavy atom. The number of allylic oxidation sites excluding steroid dienone is 4. The second kappa shape index (κ2) is 10.7. The van der Waals surface area contributed by atoms with Crippen LogP contribution in [0.5, 0.6) is 0 Å². The lowest BCUT2D eigenvalue weighted by atomic mass is 9.64. The van der Waals surface area contributed by atoms with Crippen LogP contribution in [-0.4, -0.2) is 47.2 Å². The molecule has 2 fully saturated rings. The Hall–Kier alpha value is -1.69. The fourth-order valence-electron chi connectivity index (χ4n) is 5.83. The van der Waals surface area contributed by atoms with Crippen LogP contribution in [0.4, 0.5) is 0 Å². The maximum atomic E-state index is 12.2. The Bertz CT molecular complexity index is 833. The van der Waals surface area contributed by atoms with Crippen molar-refractivity contribution in [1.29, 1.82) is 0 Å². The van der Waals surface area contributed by atoms with Gasteiger partial charge in [0.1, 0.15) is 12.2 Å². The fraction of sp³-hybridized carbons (Fsp3) is 0.679. The third-order valence-electron chi connectivity index (χ3n) is 7.70. The van der Waals surface area contributed by atoms with E-state index in [1.807, 2.05) is 13.8 Å². The van der Waals surface area contributed by atoms with E-state index in [9.17, 15) is 15.0 Å². The van der Waals surface area contributed by atoms with E-state index >= 15 is 0 Å². The number of ether oxygens (including phenoxy) is 2. The summed E-state index contributed by atoms with van der Waals surface area (Å²) in [4.78, 5) is 12.2. The quantitative estimate of drug-likeness (QED) is 0.387. The Morgan fingerprint density at radius 2 is 2.09 bits per heavy atom. The van der Waals surface area contributed by atoms with Gasteiger partial charge in [0.05, 0.1) is 18.8 Å². The summed E-state index contributed by atoms with van der Waals surface area (Å²) in [5, 5.41) is 20.1. The van der Waals surface area contributed by atoms with E-state index in [-0.39, 0.29) is 18.0 Å². The number of esters is 1. The van der Waals surface area contributed by atoms with Crippen LogP contribution in [0.15, 0.2) is 47.1 Å². The summed E-state index contributed by atoms with van der Waals surface area (Å²) in [7, 11) is 0. The molecule has 0 aromatic rings. The van der Waals surface area contributed by atoms with Crippen molar-refractivity contribution in [1.82, 2.24) is 0 Å². The zero-order chi connectivity index (χ0) is 24.2. The standard InChI is InChI=1S/C28H42O5/c1-6-13-27(3,4)33-26(31)18-32-17-22-11-12-24-20(8-7-14-28(22,24)5)9-10-21-15-23(29)16-25(30)19(21)2/h9-11,23-25,29-30H,2,6-8,12-18H2,1,3-5H3/b20-9-,21-10+. The average Bonchev–Trinajstić information content (AvgIpc) is 3.06.